The number of ether oxygens (including phenoxy) is 1. The molecular formula is C15H22F3N3O3S. The number of aromatic nitrogens is 2. The van der Waals surface area contributed by atoms with Crippen molar-refractivity contribution in [2.45, 2.75) is 63.1 Å². The highest BCUT2D eigenvalue weighted by Crippen LogP contribution is 2.34. The van der Waals surface area contributed by atoms with Crippen molar-refractivity contribution in [3.05, 3.63) is 17.0 Å². The van der Waals surface area contributed by atoms with E-state index < -0.39 is 27.1 Å². The summed E-state index contributed by atoms with van der Waals surface area (Å²) in [6.45, 7) is 0.331. The average molecular weight is 381 g/mol. The molecule has 0 amide bonds. The Morgan fingerprint density at radius 1 is 1.24 bits per heavy atom. The smallest absolute Gasteiger partial charge is 0.376 e. The van der Waals surface area contributed by atoms with Crippen molar-refractivity contribution in [3.8, 4) is 0 Å². The summed E-state index contributed by atoms with van der Waals surface area (Å²) in [6.07, 6.45) is -0.0797. The Balaban J connectivity index is 1.68. The van der Waals surface area contributed by atoms with Crippen LogP contribution in [0.25, 0.3) is 0 Å². The predicted octanol–water partition coefficient (Wildman–Crippen LogP) is 2.23. The van der Waals surface area contributed by atoms with E-state index >= 15 is 0 Å². The van der Waals surface area contributed by atoms with E-state index in [9.17, 15) is 21.6 Å². The number of halogens is 3. The molecule has 3 rings (SSSR count). The Bertz CT molecular complexity index is 710. The SMILES string of the molecule is O=S(=O)(NCCn1nc(C(F)(F)F)c2c1CCOC2)C1CCCCC1. The normalized spacial score (nSPS) is 19.8. The van der Waals surface area contributed by atoms with E-state index in [4.69, 9.17) is 4.74 Å². The first-order chi connectivity index (χ1) is 11.8. The van der Waals surface area contributed by atoms with E-state index in [-0.39, 0.29) is 25.3 Å². The average Bonchev–Trinajstić information content (AvgIpc) is 2.95. The fourth-order valence-corrected chi connectivity index (χ4v) is 5.07. The zero-order valence-electron chi connectivity index (χ0n) is 13.8. The second kappa shape index (κ2) is 7.24. The Morgan fingerprint density at radius 2 is 1.96 bits per heavy atom. The summed E-state index contributed by atoms with van der Waals surface area (Å²) < 4.78 is 72.8. The minimum absolute atomic E-state index is 0.0328. The third kappa shape index (κ3) is 4.17. The van der Waals surface area contributed by atoms with Crippen molar-refractivity contribution in [1.82, 2.24) is 14.5 Å². The highest BCUT2D eigenvalue weighted by Gasteiger charge is 2.39. The van der Waals surface area contributed by atoms with Crippen LogP contribution in [0.3, 0.4) is 0 Å². The quantitative estimate of drug-likeness (QED) is 0.849. The van der Waals surface area contributed by atoms with Crippen LogP contribution in [-0.4, -0.2) is 36.6 Å². The van der Waals surface area contributed by atoms with Crippen molar-refractivity contribution < 1.29 is 26.3 Å². The molecule has 1 aromatic heterocycles. The molecule has 1 saturated carbocycles. The van der Waals surface area contributed by atoms with Gasteiger partial charge in [-0.2, -0.15) is 18.3 Å². The molecule has 10 heteroatoms. The van der Waals surface area contributed by atoms with E-state index in [1.807, 2.05) is 0 Å². The molecular weight excluding hydrogens is 359 g/mol. The van der Waals surface area contributed by atoms with Gasteiger partial charge in [0.05, 0.1) is 25.0 Å². The molecule has 6 nitrogen and oxygen atoms in total. The molecule has 0 spiro atoms. The van der Waals surface area contributed by atoms with Crippen molar-refractivity contribution in [3.63, 3.8) is 0 Å². The van der Waals surface area contributed by atoms with Crippen LogP contribution in [0.15, 0.2) is 0 Å². The molecule has 2 aliphatic rings. The maximum atomic E-state index is 13.1. The lowest BCUT2D eigenvalue weighted by molar-refractivity contribution is -0.142. The van der Waals surface area contributed by atoms with Crippen LogP contribution in [0.4, 0.5) is 13.2 Å². The van der Waals surface area contributed by atoms with Crippen LogP contribution in [0, 0.1) is 0 Å². The number of rotatable bonds is 5. The van der Waals surface area contributed by atoms with Gasteiger partial charge in [-0.1, -0.05) is 19.3 Å². The summed E-state index contributed by atoms with van der Waals surface area (Å²) in [6, 6.07) is 0. The van der Waals surface area contributed by atoms with Gasteiger partial charge in [-0.3, -0.25) is 4.68 Å². The molecule has 0 radical (unpaired) electrons. The first kappa shape index (κ1) is 18.7. The van der Waals surface area contributed by atoms with Gasteiger partial charge >= 0.3 is 6.18 Å². The molecule has 1 N–H and O–H groups in total. The molecule has 25 heavy (non-hydrogen) atoms. The molecule has 0 saturated heterocycles. The molecule has 142 valence electrons. The van der Waals surface area contributed by atoms with E-state index in [1.165, 1.54) is 4.68 Å². The summed E-state index contributed by atoms with van der Waals surface area (Å²) in [5.74, 6) is 0. The van der Waals surface area contributed by atoms with Gasteiger partial charge in [-0.15, -0.1) is 0 Å². The molecule has 0 unspecified atom stereocenters. The Labute approximate surface area is 144 Å². The standard InChI is InChI=1S/C15H22F3N3O3S/c16-15(17,18)14-12-10-24-9-6-13(12)21(20-14)8-7-19-25(22,23)11-4-2-1-3-5-11/h11,19H,1-10H2. The summed E-state index contributed by atoms with van der Waals surface area (Å²) in [5, 5.41) is 3.28. The van der Waals surface area contributed by atoms with Crippen LogP contribution in [0.5, 0.6) is 0 Å². The fourth-order valence-electron chi connectivity index (χ4n) is 3.51. The van der Waals surface area contributed by atoms with Crippen LogP contribution >= 0.6 is 0 Å². The number of nitrogens with one attached hydrogen (secondary N) is 1. The number of sulfonamides is 1. The van der Waals surface area contributed by atoms with E-state index in [0.29, 0.717) is 31.6 Å². The van der Waals surface area contributed by atoms with Gasteiger partial charge in [0, 0.05) is 24.2 Å². The topological polar surface area (TPSA) is 73.2 Å². The van der Waals surface area contributed by atoms with Crippen molar-refractivity contribution in [2.24, 2.45) is 0 Å². The second-order valence-corrected chi connectivity index (χ2v) is 8.54. The lowest BCUT2D eigenvalue weighted by Crippen LogP contribution is -2.37. The zero-order valence-corrected chi connectivity index (χ0v) is 14.6. The highest BCUT2D eigenvalue weighted by atomic mass is 32.2. The molecule has 1 aromatic rings. The minimum atomic E-state index is -4.54. The molecule has 1 fully saturated rings. The van der Waals surface area contributed by atoms with Gasteiger partial charge in [-0.05, 0) is 12.8 Å². The Kier molecular flexibility index (Phi) is 5.40. The lowest BCUT2D eigenvalue weighted by atomic mass is 10.0. The monoisotopic (exact) mass is 381 g/mol. The van der Waals surface area contributed by atoms with Gasteiger partial charge < -0.3 is 4.74 Å². The van der Waals surface area contributed by atoms with Crippen LogP contribution in [0.1, 0.15) is 49.1 Å². The third-order valence-corrected chi connectivity index (χ3v) is 6.74. The summed E-state index contributed by atoms with van der Waals surface area (Å²) in [5.41, 5.74) is -0.387. The van der Waals surface area contributed by atoms with E-state index in [2.05, 4.69) is 9.82 Å². The lowest BCUT2D eigenvalue weighted by Gasteiger charge is -2.22. The first-order valence-corrected chi connectivity index (χ1v) is 10.1. The predicted molar refractivity (Wildman–Crippen MR) is 84.4 cm³/mol. The van der Waals surface area contributed by atoms with Crippen molar-refractivity contribution in [2.75, 3.05) is 13.2 Å². The maximum absolute atomic E-state index is 13.1. The van der Waals surface area contributed by atoms with Crippen LogP contribution < -0.4 is 4.72 Å². The van der Waals surface area contributed by atoms with Gasteiger partial charge in [0.2, 0.25) is 10.0 Å². The fraction of sp³-hybridized carbons (Fsp3) is 0.800. The van der Waals surface area contributed by atoms with Gasteiger partial charge in [-0.25, -0.2) is 13.1 Å². The third-order valence-electron chi connectivity index (χ3n) is 4.78. The van der Waals surface area contributed by atoms with E-state index in [0.717, 1.165) is 19.3 Å². The highest BCUT2D eigenvalue weighted by molar-refractivity contribution is 7.90. The maximum Gasteiger partial charge on any atom is 0.435 e. The largest absolute Gasteiger partial charge is 0.435 e. The molecule has 1 aliphatic carbocycles. The van der Waals surface area contributed by atoms with Crippen molar-refractivity contribution >= 4 is 10.0 Å². The molecule has 0 bridgehead atoms. The Hall–Kier alpha value is -1.13. The van der Waals surface area contributed by atoms with Gasteiger partial charge in [0.1, 0.15) is 0 Å². The van der Waals surface area contributed by atoms with Gasteiger partial charge in [0.15, 0.2) is 5.69 Å². The summed E-state index contributed by atoms with van der Waals surface area (Å²) in [7, 11) is -3.43. The second-order valence-electron chi connectivity index (χ2n) is 6.50. The number of nitrogens with zero attached hydrogens (tertiary/aromatic N) is 2. The van der Waals surface area contributed by atoms with Crippen LogP contribution in [0.2, 0.25) is 0 Å². The minimum Gasteiger partial charge on any atom is -0.376 e. The summed E-state index contributed by atoms with van der Waals surface area (Å²) >= 11 is 0. The van der Waals surface area contributed by atoms with Crippen molar-refractivity contribution in [1.29, 1.82) is 0 Å². The number of alkyl halides is 3. The Morgan fingerprint density at radius 3 is 2.64 bits per heavy atom. The van der Waals surface area contributed by atoms with Gasteiger partial charge in [0.25, 0.3) is 0 Å². The first-order valence-electron chi connectivity index (χ1n) is 8.51. The van der Waals surface area contributed by atoms with Crippen LogP contribution in [-0.2, 0) is 40.5 Å². The molecule has 0 atom stereocenters. The van der Waals surface area contributed by atoms with E-state index in [1.54, 1.807) is 0 Å². The molecule has 1 aliphatic heterocycles. The summed E-state index contributed by atoms with van der Waals surface area (Å²) in [4.78, 5) is 0. The number of fused-ring (bicyclic) bond motifs is 1. The molecule has 2 heterocycles. The molecule has 0 aromatic carbocycles. The number of hydrogen-bond donors (Lipinski definition) is 1. The number of hydrogen-bond acceptors (Lipinski definition) is 4. The zero-order chi connectivity index (χ0) is 18.1.